The molecule has 0 bridgehead atoms. The molecule has 3 rings (SSSR count). The topological polar surface area (TPSA) is 30.2 Å². The summed E-state index contributed by atoms with van der Waals surface area (Å²) in [5, 5.41) is 8.49. The molecule has 0 aliphatic heterocycles. The van der Waals surface area contributed by atoms with Crippen molar-refractivity contribution >= 4 is 17.0 Å². The fourth-order valence-corrected chi connectivity index (χ4v) is 2.62. The van der Waals surface area contributed by atoms with Crippen molar-refractivity contribution in [3.05, 3.63) is 40.9 Å². The van der Waals surface area contributed by atoms with E-state index >= 15 is 0 Å². The molecular weight excluding hydrogens is 218 g/mol. The number of rotatable bonds is 1. The summed E-state index contributed by atoms with van der Waals surface area (Å²) in [5.74, 6) is 0.928. The number of hydrogen-bond acceptors (Lipinski definition) is 3. The normalized spacial score (nSPS) is 11.1. The average Bonchev–Trinajstić information content (AvgIpc) is 2.84. The fraction of sp³-hybridized carbons (Fsp3) is 0.167. The molecule has 0 aromatic carbocycles. The molecule has 0 fully saturated rings. The van der Waals surface area contributed by atoms with Gasteiger partial charge in [0.15, 0.2) is 11.5 Å². The first-order valence-electron chi connectivity index (χ1n) is 5.13. The standard InChI is InChI=1S/C12H11N3S/c1-8-4-3-7-15-11(8)13-14-12(15)10-6-5-9(2)16-10/h3-7H,1-2H3. The first-order valence-corrected chi connectivity index (χ1v) is 5.94. The minimum atomic E-state index is 0.928. The molecule has 0 unspecified atom stereocenters. The molecule has 3 heterocycles. The maximum absolute atomic E-state index is 4.26. The summed E-state index contributed by atoms with van der Waals surface area (Å²) in [4.78, 5) is 2.45. The molecule has 0 atom stereocenters. The van der Waals surface area contributed by atoms with E-state index in [9.17, 15) is 0 Å². The summed E-state index contributed by atoms with van der Waals surface area (Å²) in [6.07, 6.45) is 2.01. The number of thiophene rings is 1. The minimum Gasteiger partial charge on any atom is -0.282 e. The van der Waals surface area contributed by atoms with Crippen molar-refractivity contribution in [2.75, 3.05) is 0 Å². The molecule has 0 radical (unpaired) electrons. The van der Waals surface area contributed by atoms with Gasteiger partial charge >= 0.3 is 0 Å². The van der Waals surface area contributed by atoms with E-state index in [1.54, 1.807) is 11.3 Å². The predicted octanol–water partition coefficient (Wildman–Crippen LogP) is 3.07. The molecule has 0 N–H and O–H groups in total. The Morgan fingerprint density at radius 3 is 2.75 bits per heavy atom. The second kappa shape index (κ2) is 3.42. The summed E-state index contributed by atoms with van der Waals surface area (Å²) in [5.41, 5.74) is 2.08. The third-order valence-corrected chi connectivity index (χ3v) is 3.59. The Kier molecular flexibility index (Phi) is 2.04. The Hall–Kier alpha value is -1.68. The predicted molar refractivity (Wildman–Crippen MR) is 65.8 cm³/mol. The highest BCUT2D eigenvalue weighted by molar-refractivity contribution is 7.15. The highest BCUT2D eigenvalue weighted by Gasteiger charge is 2.10. The van der Waals surface area contributed by atoms with Gasteiger partial charge in [0.25, 0.3) is 0 Å². The highest BCUT2D eigenvalue weighted by Crippen LogP contribution is 2.26. The van der Waals surface area contributed by atoms with Gasteiger partial charge in [-0.05, 0) is 37.6 Å². The van der Waals surface area contributed by atoms with Crippen LogP contribution in [0.4, 0.5) is 0 Å². The fourth-order valence-electron chi connectivity index (χ4n) is 1.77. The number of nitrogens with zero attached hydrogens (tertiary/aromatic N) is 3. The third kappa shape index (κ3) is 1.34. The van der Waals surface area contributed by atoms with Gasteiger partial charge in [-0.15, -0.1) is 21.5 Å². The van der Waals surface area contributed by atoms with Crippen LogP contribution < -0.4 is 0 Å². The van der Waals surface area contributed by atoms with Crippen LogP contribution in [0, 0.1) is 13.8 Å². The van der Waals surface area contributed by atoms with E-state index < -0.39 is 0 Å². The quantitative estimate of drug-likeness (QED) is 0.642. The van der Waals surface area contributed by atoms with Crippen LogP contribution in [0.15, 0.2) is 30.5 Å². The Morgan fingerprint density at radius 2 is 2.00 bits per heavy atom. The van der Waals surface area contributed by atoms with Crippen molar-refractivity contribution in [2.24, 2.45) is 0 Å². The van der Waals surface area contributed by atoms with E-state index in [0.29, 0.717) is 0 Å². The van der Waals surface area contributed by atoms with E-state index in [2.05, 4.69) is 29.3 Å². The largest absolute Gasteiger partial charge is 0.282 e. The Morgan fingerprint density at radius 1 is 1.12 bits per heavy atom. The van der Waals surface area contributed by atoms with Crippen LogP contribution in [0.2, 0.25) is 0 Å². The number of hydrogen-bond donors (Lipinski definition) is 0. The average molecular weight is 229 g/mol. The molecule has 0 amide bonds. The summed E-state index contributed by atoms with van der Waals surface area (Å²) < 4.78 is 2.04. The lowest BCUT2D eigenvalue weighted by molar-refractivity contribution is 1.12. The number of aryl methyl sites for hydroxylation is 2. The smallest absolute Gasteiger partial charge is 0.178 e. The first-order chi connectivity index (χ1) is 7.75. The van der Waals surface area contributed by atoms with Gasteiger partial charge in [-0.3, -0.25) is 4.40 Å². The van der Waals surface area contributed by atoms with E-state index in [-0.39, 0.29) is 0 Å². The highest BCUT2D eigenvalue weighted by atomic mass is 32.1. The monoisotopic (exact) mass is 229 g/mol. The molecule has 80 valence electrons. The summed E-state index contributed by atoms with van der Waals surface area (Å²) in [7, 11) is 0. The zero-order chi connectivity index (χ0) is 11.1. The summed E-state index contributed by atoms with van der Waals surface area (Å²) in [6, 6.07) is 8.28. The number of fused-ring (bicyclic) bond motifs is 1. The lowest BCUT2D eigenvalue weighted by atomic mass is 10.3. The van der Waals surface area contributed by atoms with Crippen LogP contribution in [-0.2, 0) is 0 Å². The molecule has 4 heteroatoms. The molecule has 0 aliphatic rings. The van der Waals surface area contributed by atoms with Gasteiger partial charge in [0.05, 0.1) is 4.88 Å². The van der Waals surface area contributed by atoms with Crippen molar-refractivity contribution in [3.63, 3.8) is 0 Å². The van der Waals surface area contributed by atoms with Crippen LogP contribution in [-0.4, -0.2) is 14.6 Å². The van der Waals surface area contributed by atoms with Gasteiger partial charge < -0.3 is 0 Å². The Labute approximate surface area is 97.4 Å². The Bertz CT molecular complexity index is 651. The lowest BCUT2D eigenvalue weighted by Crippen LogP contribution is -1.88. The van der Waals surface area contributed by atoms with Crippen LogP contribution in [0.1, 0.15) is 10.4 Å². The molecule has 3 aromatic heterocycles. The van der Waals surface area contributed by atoms with Gasteiger partial charge in [-0.2, -0.15) is 0 Å². The zero-order valence-electron chi connectivity index (χ0n) is 9.14. The summed E-state index contributed by atoms with van der Waals surface area (Å²) >= 11 is 1.74. The van der Waals surface area contributed by atoms with Crippen molar-refractivity contribution in [2.45, 2.75) is 13.8 Å². The molecule has 3 nitrogen and oxygen atoms in total. The van der Waals surface area contributed by atoms with Gasteiger partial charge in [0, 0.05) is 11.1 Å². The lowest BCUT2D eigenvalue weighted by Gasteiger charge is -1.98. The third-order valence-electron chi connectivity index (χ3n) is 2.59. The Balaban J connectivity index is 2.29. The van der Waals surface area contributed by atoms with E-state index in [0.717, 1.165) is 21.9 Å². The zero-order valence-corrected chi connectivity index (χ0v) is 9.95. The van der Waals surface area contributed by atoms with E-state index in [4.69, 9.17) is 0 Å². The maximum atomic E-state index is 4.26. The number of pyridine rings is 1. The first kappa shape index (κ1) is 9.54. The van der Waals surface area contributed by atoms with Gasteiger partial charge in [-0.1, -0.05) is 6.07 Å². The SMILES string of the molecule is Cc1ccc(-c2nnc3c(C)cccn23)s1. The van der Waals surface area contributed by atoms with Gasteiger partial charge in [0.1, 0.15) is 0 Å². The van der Waals surface area contributed by atoms with Crippen molar-refractivity contribution in [1.82, 2.24) is 14.6 Å². The van der Waals surface area contributed by atoms with Gasteiger partial charge in [0.2, 0.25) is 0 Å². The molecule has 0 aliphatic carbocycles. The molecule has 0 saturated heterocycles. The molecule has 0 spiro atoms. The van der Waals surface area contributed by atoms with Crippen molar-refractivity contribution in [3.8, 4) is 10.7 Å². The second-order valence-electron chi connectivity index (χ2n) is 3.82. The molecule has 3 aromatic rings. The molecule has 0 saturated carbocycles. The van der Waals surface area contributed by atoms with Crippen molar-refractivity contribution < 1.29 is 0 Å². The van der Waals surface area contributed by atoms with E-state index in [1.807, 2.05) is 29.7 Å². The molecule has 16 heavy (non-hydrogen) atoms. The van der Waals surface area contributed by atoms with Crippen LogP contribution in [0.3, 0.4) is 0 Å². The molecular formula is C12H11N3S. The van der Waals surface area contributed by atoms with Crippen LogP contribution >= 0.6 is 11.3 Å². The second-order valence-corrected chi connectivity index (χ2v) is 5.11. The number of aromatic nitrogens is 3. The van der Waals surface area contributed by atoms with Crippen LogP contribution in [0.5, 0.6) is 0 Å². The van der Waals surface area contributed by atoms with E-state index in [1.165, 1.54) is 4.88 Å². The van der Waals surface area contributed by atoms with Crippen molar-refractivity contribution in [1.29, 1.82) is 0 Å². The van der Waals surface area contributed by atoms with Crippen LogP contribution in [0.25, 0.3) is 16.3 Å². The maximum Gasteiger partial charge on any atom is 0.178 e. The van der Waals surface area contributed by atoms with Gasteiger partial charge in [-0.25, -0.2) is 0 Å². The minimum absolute atomic E-state index is 0.928. The summed E-state index contributed by atoms with van der Waals surface area (Å²) in [6.45, 7) is 4.15.